The number of nitrogens with one attached hydrogen (secondary N) is 1. The van der Waals surface area contributed by atoms with Crippen LogP contribution in [0.4, 0.5) is 0 Å². The van der Waals surface area contributed by atoms with E-state index in [4.69, 9.17) is 9.47 Å². The van der Waals surface area contributed by atoms with Gasteiger partial charge in [0.1, 0.15) is 23.8 Å². The van der Waals surface area contributed by atoms with Crippen molar-refractivity contribution in [3.8, 4) is 11.5 Å². The molecule has 0 saturated carbocycles. The summed E-state index contributed by atoms with van der Waals surface area (Å²) in [5.74, 6) is 1.68. The van der Waals surface area contributed by atoms with Gasteiger partial charge in [-0.1, -0.05) is 18.2 Å². The summed E-state index contributed by atoms with van der Waals surface area (Å²) in [6, 6.07) is 15.8. The van der Waals surface area contributed by atoms with Crippen LogP contribution in [0, 0.1) is 6.92 Å². The second-order valence-electron chi connectivity index (χ2n) is 7.44. The van der Waals surface area contributed by atoms with Crippen molar-refractivity contribution in [3.63, 3.8) is 0 Å². The molecular formula is C23H27N3O3. The van der Waals surface area contributed by atoms with Crippen LogP contribution in [-0.2, 0) is 0 Å². The molecule has 152 valence electrons. The van der Waals surface area contributed by atoms with E-state index in [0.717, 1.165) is 55.1 Å². The van der Waals surface area contributed by atoms with Gasteiger partial charge in [-0.2, -0.15) is 0 Å². The number of rotatable bonds is 6. The highest BCUT2D eigenvalue weighted by molar-refractivity contribution is 5.98. The van der Waals surface area contributed by atoms with Gasteiger partial charge in [0.25, 0.3) is 5.91 Å². The molecular weight excluding hydrogens is 366 g/mol. The number of carbonyl (C=O) groups is 1. The van der Waals surface area contributed by atoms with Gasteiger partial charge in [-0.25, -0.2) is 0 Å². The monoisotopic (exact) mass is 393 g/mol. The Kier molecular flexibility index (Phi) is 5.71. The molecule has 0 aliphatic carbocycles. The summed E-state index contributed by atoms with van der Waals surface area (Å²) in [4.78, 5) is 20.4. The first-order valence-corrected chi connectivity index (χ1v) is 10.0. The molecule has 4 rings (SSSR count). The maximum atomic E-state index is 12.9. The topological polar surface area (TPSA) is 57.8 Å². The molecule has 6 nitrogen and oxygen atoms in total. The molecule has 2 aromatic carbocycles. The molecule has 1 N–H and O–H groups in total. The Labute approximate surface area is 171 Å². The van der Waals surface area contributed by atoms with Crippen LogP contribution in [0.1, 0.15) is 16.1 Å². The van der Waals surface area contributed by atoms with Crippen molar-refractivity contribution in [3.05, 3.63) is 59.8 Å². The highest BCUT2D eigenvalue weighted by Crippen LogP contribution is 2.20. The molecule has 6 heteroatoms. The number of hydrogen-bond acceptors (Lipinski definition) is 4. The van der Waals surface area contributed by atoms with Crippen molar-refractivity contribution < 1.29 is 14.3 Å². The number of nitrogens with zero attached hydrogens (tertiary/aromatic N) is 2. The molecule has 1 amide bonds. The molecule has 1 saturated heterocycles. The van der Waals surface area contributed by atoms with Gasteiger partial charge < -0.3 is 19.4 Å². The van der Waals surface area contributed by atoms with E-state index in [1.807, 2.05) is 35.2 Å². The molecule has 0 unspecified atom stereocenters. The first kappa shape index (κ1) is 19.3. The number of H-pyrrole nitrogens is 1. The Balaban J connectivity index is 1.26. The number of ether oxygens (including phenoxy) is 2. The number of methoxy groups -OCH3 is 1. The fourth-order valence-electron chi connectivity index (χ4n) is 3.68. The Morgan fingerprint density at radius 1 is 1.03 bits per heavy atom. The van der Waals surface area contributed by atoms with Crippen molar-refractivity contribution in [2.45, 2.75) is 6.92 Å². The number of hydrogen-bond donors (Lipinski definition) is 1. The van der Waals surface area contributed by atoms with Crippen LogP contribution in [0.25, 0.3) is 10.9 Å². The molecule has 2 heterocycles. The zero-order valence-electron chi connectivity index (χ0n) is 17.0. The highest BCUT2D eigenvalue weighted by atomic mass is 16.5. The third-order valence-corrected chi connectivity index (χ3v) is 5.39. The maximum Gasteiger partial charge on any atom is 0.270 e. The number of benzene rings is 2. The fraction of sp³-hybridized carbons (Fsp3) is 0.348. The van der Waals surface area contributed by atoms with Crippen LogP contribution in [0.2, 0.25) is 0 Å². The number of aromatic nitrogens is 1. The molecule has 1 aliphatic heterocycles. The second kappa shape index (κ2) is 8.57. The lowest BCUT2D eigenvalue weighted by Gasteiger charge is -2.34. The largest absolute Gasteiger partial charge is 0.497 e. The predicted molar refractivity (Wildman–Crippen MR) is 114 cm³/mol. The lowest BCUT2D eigenvalue weighted by Crippen LogP contribution is -2.49. The number of aromatic amines is 1. The van der Waals surface area contributed by atoms with Crippen LogP contribution in [0.3, 0.4) is 0 Å². The van der Waals surface area contributed by atoms with E-state index >= 15 is 0 Å². The zero-order chi connectivity index (χ0) is 20.2. The molecule has 3 aromatic rings. The van der Waals surface area contributed by atoms with Gasteiger partial charge in [0, 0.05) is 49.7 Å². The van der Waals surface area contributed by atoms with Crippen molar-refractivity contribution >= 4 is 16.8 Å². The average molecular weight is 393 g/mol. The van der Waals surface area contributed by atoms with Gasteiger partial charge in [-0.05, 0) is 36.8 Å². The number of carbonyl (C=O) groups excluding carboxylic acids is 1. The van der Waals surface area contributed by atoms with Crippen molar-refractivity contribution in [1.29, 1.82) is 0 Å². The maximum absolute atomic E-state index is 12.9. The zero-order valence-corrected chi connectivity index (χ0v) is 17.0. The van der Waals surface area contributed by atoms with Crippen LogP contribution in [0.5, 0.6) is 11.5 Å². The minimum Gasteiger partial charge on any atom is -0.497 e. The normalized spacial score (nSPS) is 14.9. The third kappa shape index (κ3) is 4.54. The summed E-state index contributed by atoms with van der Waals surface area (Å²) in [6.07, 6.45) is 0. The number of amides is 1. The molecule has 29 heavy (non-hydrogen) atoms. The van der Waals surface area contributed by atoms with E-state index in [2.05, 4.69) is 35.0 Å². The summed E-state index contributed by atoms with van der Waals surface area (Å²) < 4.78 is 11.0. The SMILES string of the molecule is COc1cccc(OCCN2CCN(C(=O)c3cc4ccc(C)cc4[nH]3)CC2)c1. The van der Waals surface area contributed by atoms with E-state index in [0.29, 0.717) is 12.3 Å². The first-order chi connectivity index (χ1) is 14.1. The van der Waals surface area contributed by atoms with Crippen LogP contribution < -0.4 is 9.47 Å². The third-order valence-electron chi connectivity index (χ3n) is 5.39. The Morgan fingerprint density at radius 2 is 1.83 bits per heavy atom. The molecule has 1 aliphatic rings. The second-order valence-corrected chi connectivity index (χ2v) is 7.44. The smallest absolute Gasteiger partial charge is 0.270 e. The Hall–Kier alpha value is -2.99. The first-order valence-electron chi connectivity index (χ1n) is 10.0. The van der Waals surface area contributed by atoms with Gasteiger partial charge in [0.2, 0.25) is 0 Å². The number of fused-ring (bicyclic) bond motifs is 1. The molecule has 0 spiro atoms. The standard InChI is InChI=1S/C23H27N3O3/c1-17-6-7-18-15-22(24-21(18)14-17)23(27)26-10-8-25(9-11-26)12-13-29-20-5-3-4-19(16-20)28-2/h3-7,14-16,24H,8-13H2,1-2H3. The quantitative estimate of drug-likeness (QED) is 0.698. The summed E-state index contributed by atoms with van der Waals surface area (Å²) in [5.41, 5.74) is 2.87. The summed E-state index contributed by atoms with van der Waals surface area (Å²) in [5, 5.41) is 1.08. The van der Waals surface area contributed by atoms with E-state index in [-0.39, 0.29) is 5.91 Å². The van der Waals surface area contributed by atoms with E-state index < -0.39 is 0 Å². The van der Waals surface area contributed by atoms with Gasteiger partial charge in [0.05, 0.1) is 7.11 Å². The fourth-order valence-corrected chi connectivity index (χ4v) is 3.68. The molecule has 1 fully saturated rings. The lowest BCUT2D eigenvalue weighted by molar-refractivity contribution is 0.0615. The predicted octanol–water partition coefficient (Wildman–Crippen LogP) is 3.32. The summed E-state index contributed by atoms with van der Waals surface area (Å²) in [7, 11) is 1.65. The average Bonchev–Trinajstić information content (AvgIpc) is 3.17. The summed E-state index contributed by atoms with van der Waals surface area (Å²) >= 11 is 0. The minimum absolute atomic E-state index is 0.0751. The van der Waals surface area contributed by atoms with Crippen LogP contribution in [0.15, 0.2) is 48.5 Å². The van der Waals surface area contributed by atoms with E-state index in [1.165, 1.54) is 5.56 Å². The molecule has 0 radical (unpaired) electrons. The molecule has 0 atom stereocenters. The summed E-state index contributed by atoms with van der Waals surface area (Å²) in [6.45, 7) is 6.67. The van der Waals surface area contributed by atoms with E-state index in [9.17, 15) is 4.79 Å². The molecule has 0 bridgehead atoms. The minimum atomic E-state index is 0.0751. The number of aryl methyl sites for hydroxylation is 1. The van der Waals surface area contributed by atoms with Crippen LogP contribution in [-0.4, -0.2) is 67.1 Å². The Bertz CT molecular complexity index is 990. The van der Waals surface area contributed by atoms with Crippen molar-refractivity contribution in [1.82, 2.24) is 14.8 Å². The molecule has 1 aromatic heterocycles. The van der Waals surface area contributed by atoms with Crippen LogP contribution >= 0.6 is 0 Å². The van der Waals surface area contributed by atoms with Gasteiger partial charge in [-0.3, -0.25) is 9.69 Å². The Morgan fingerprint density at radius 3 is 2.62 bits per heavy atom. The number of piperazine rings is 1. The highest BCUT2D eigenvalue weighted by Gasteiger charge is 2.23. The lowest BCUT2D eigenvalue weighted by atomic mass is 10.2. The van der Waals surface area contributed by atoms with E-state index in [1.54, 1.807) is 7.11 Å². The van der Waals surface area contributed by atoms with Gasteiger partial charge in [0.15, 0.2) is 0 Å². The van der Waals surface area contributed by atoms with Gasteiger partial charge >= 0.3 is 0 Å². The van der Waals surface area contributed by atoms with Crippen molar-refractivity contribution in [2.24, 2.45) is 0 Å². The van der Waals surface area contributed by atoms with Crippen molar-refractivity contribution in [2.75, 3.05) is 46.4 Å². The van der Waals surface area contributed by atoms with Gasteiger partial charge in [-0.15, -0.1) is 0 Å².